The summed E-state index contributed by atoms with van der Waals surface area (Å²) in [6.07, 6.45) is 1.34. The van der Waals surface area contributed by atoms with Crippen molar-refractivity contribution in [3.05, 3.63) is 17.9 Å². The number of nitrogen functional groups attached to an aromatic ring is 1. The quantitative estimate of drug-likeness (QED) is 0.673. The lowest BCUT2D eigenvalue weighted by atomic mass is 9.93. The van der Waals surface area contributed by atoms with Crippen LogP contribution in [0.5, 0.6) is 5.75 Å². The van der Waals surface area contributed by atoms with Gasteiger partial charge in [0.1, 0.15) is 0 Å². The van der Waals surface area contributed by atoms with Crippen LogP contribution in [0.4, 0.5) is 15.8 Å². The molecule has 5 heteroatoms. The van der Waals surface area contributed by atoms with E-state index in [2.05, 4.69) is 5.32 Å². The topological polar surface area (TPSA) is 67.5 Å². The second kappa shape index (κ2) is 6.79. The molecule has 0 spiro atoms. The zero-order chi connectivity index (χ0) is 15.3. The fourth-order valence-electron chi connectivity index (χ4n) is 2.00. The van der Waals surface area contributed by atoms with Gasteiger partial charge in [-0.3, -0.25) is 0 Å². The van der Waals surface area contributed by atoms with E-state index in [1.54, 1.807) is 6.07 Å². The molecule has 0 atom stereocenters. The predicted molar refractivity (Wildman–Crippen MR) is 80.6 cm³/mol. The second-order valence-electron chi connectivity index (χ2n) is 5.31. The molecule has 0 heterocycles. The van der Waals surface area contributed by atoms with Gasteiger partial charge >= 0.3 is 0 Å². The monoisotopic (exact) mass is 284 g/mol. The summed E-state index contributed by atoms with van der Waals surface area (Å²) in [4.78, 5) is 0. The molecule has 0 unspecified atom stereocenters. The molecule has 114 valence electrons. The first-order valence-corrected chi connectivity index (χ1v) is 7.02. The number of aliphatic hydroxyl groups is 1. The highest BCUT2D eigenvalue weighted by Crippen LogP contribution is 2.32. The van der Waals surface area contributed by atoms with Crippen molar-refractivity contribution < 1.29 is 14.2 Å². The summed E-state index contributed by atoms with van der Waals surface area (Å²) >= 11 is 0. The van der Waals surface area contributed by atoms with E-state index in [-0.39, 0.29) is 18.5 Å². The van der Waals surface area contributed by atoms with Gasteiger partial charge in [0, 0.05) is 12.1 Å². The number of hydrogen-bond acceptors (Lipinski definition) is 4. The van der Waals surface area contributed by atoms with Gasteiger partial charge in [-0.2, -0.15) is 0 Å². The van der Waals surface area contributed by atoms with Gasteiger partial charge < -0.3 is 20.9 Å². The Balaban J connectivity index is 3.11. The molecule has 0 aliphatic heterocycles. The Labute approximate surface area is 120 Å². The molecule has 0 saturated carbocycles. The standard InChI is InChI=1S/C15H25FN2O2/c1-5-15(6-2,9-19)18-13-8-14(20-10(3)4)11(16)7-12(13)17/h7-8,10,18-19H,5-6,9,17H2,1-4H3. The maximum atomic E-state index is 13.8. The molecule has 0 bridgehead atoms. The van der Waals surface area contributed by atoms with Gasteiger partial charge in [-0.05, 0) is 26.7 Å². The van der Waals surface area contributed by atoms with E-state index in [1.165, 1.54) is 6.07 Å². The number of benzene rings is 1. The molecular weight excluding hydrogens is 259 g/mol. The van der Waals surface area contributed by atoms with Crippen LogP contribution in [0.1, 0.15) is 40.5 Å². The normalized spacial score (nSPS) is 11.8. The smallest absolute Gasteiger partial charge is 0.167 e. The van der Waals surface area contributed by atoms with Crippen molar-refractivity contribution in [1.82, 2.24) is 0 Å². The first-order chi connectivity index (χ1) is 9.37. The number of halogens is 1. The Bertz CT molecular complexity index is 437. The summed E-state index contributed by atoms with van der Waals surface area (Å²) in [6, 6.07) is 2.80. The van der Waals surface area contributed by atoms with Gasteiger partial charge in [0.05, 0.1) is 29.6 Å². The molecule has 0 aliphatic rings. The molecule has 0 fully saturated rings. The lowest BCUT2D eigenvalue weighted by molar-refractivity contribution is 0.202. The van der Waals surface area contributed by atoms with Crippen LogP contribution in [0.25, 0.3) is 0 Å². The summed E-state index contributed by atoms with van der Waals surface area (Å²) in [5.74, 6) is -0.319. The average Bonchev–Trinajstić information content (AvgIpc) is 2.40. The third kappa shape index (κ3) is 3.76. The lowest BCUT2D eigenvalue weighted by Gasteiger charge is -2.32. The van der Waals surface area contributed by atoms with Crippen LogP contribution in [0.3, 0.4) is 0 Å². The largest absolute Gasteiger partial charge is 0.488 e. The van der Waals surface area contributed by atoms with E-state index in [0.717, 1.165) is 12.8 Å². The summed E-state index contributed by atoms with van der Waals surface area (Å²) in [5.41, 5.74) is 6.28. The number of ether oxygens (including phenoxy) is 1. The molecule has 1 rings (SSSR count). The van der Waals surface area contributed by atoms with Crippen molar-refractivity contribution in [2.75, 3.05) is 17.7 Å². The molecule has 1 aromatic rings. The minimum absolute atomic E-state index is 0.0167. The fourth-order valence-corrected chi connectivity index (χ4v) is 2.00. The van der Waals surface area contributed by atoms with Gasteiger partial charge in [0.15, 0.2) is 11.6 Å². The number of nitrogens with one attached hydrogen (secondary N) is 1. The average molecular weight is 284 g/mol. The van der Waals surface area contributed by atoms with Crippen molar-refractivity contribution in [1.29, 1.82) is 0 Å². The molecule has 20 heavy (non-hydrogen) atoms. The molecule has 0 saturated heterocycles. The summed E-state index contributed by atoms with van der Waals surface area (Å²) in [6.45, 7) is 7.62. The minimum Gasteiger partial charge on any atom is -0.488 e. The number of anilines is 2. The van der Waals surface area contributed by atoms with E-state index >= 15 is 0 Å². The fraction of sp³-hybridized carbons (Fsp3) is 0.600. The van der Waals surface area contributed by atoms with Crippen LogP contribution < -0.4 is 15.8 Å². The van der Waals surface area contributed by atoms with Crippen molar-refractivity contribution in [3.63, 3.8) is 0 Å². The highest BCUT2D eigenvalue weighted by atomic mass is 19.1. The molecule has 0 aromatic heterocycles. The van der Waals surface area contributed by atoms with Gasteiger partial charge in [-0.1, -0.05) is 13.8 Å². The van der Waals surface area contributed by atoms with Crippen LogP contribution in [0.15, 0.2) is 12.1 Å². The SMILES string of the molecule is CCC(CC)(CO)Nc1cc(OC(C)C)c(F)cc1N. The third-order valence-corrected chi connectivity index (χ3v) is 3.52. The van der Waals surface area contributed by atoms with Crippen molar-refractivity contribution in [3.8, 4) is 5.75 Å². The van der Waals surface area contributed by atoms with Crippen molar-refractivity contribution >= 4 is 11.4 Å². The van der Waals surface area contributed by atoms with Crippen LogP contribution in [-0.2, 0) is 0 Å². The number of rotatable bonds is 7. The number of nitrogens with two attached hydrogens (primary N) is 1. The zero-order valence-electron chi connectivity index (χ0n) is 12.7. The van der Waals surface area contributed by atoms with E-state index < -0.39 is 11.4 Å². The van der Waals surface area contributed by atoms with Crippen LogP contribution in [0, 0.1) is 5.82 Å². The third-order valence-electron chi connectivity index (χ3n) is 3.52. The Morgan fingerprint density at radius 3 is 2.40 bits per heavy atom. The molecule has 4 N–H and O–H groups in total. The number of hydrogen-bond donors (Lipinski definition) is 3. The predicted octanol–water partition coefficient (Wildman–Crippen LogP) is 3.16. The van der Waals surface area contributed by atoms with E-state index in [0.29, 0.717) is 11.4 Å². The Morgan fingerprint density at radius 2 is 1.95 bits per heavy atom. The Hall–Kier alpha value is -1.49. The maximum Gasteiger partial charge on any atom is 0.167 e. The summed E-state index contributed by atoms with van der Waals surface area (Å²) in [5, 5.41) is 12.8. The molecule has 0 amide bonds. The van der Waals surface area contributed by atoms with Gasteiger partial charge in [0.25, 0.3) is 0 Å². The first kappa shape index (κ1) is 16.6. The van der Waals surface area contributed by atoms with Crippen LogP contribution in [0.2, 0.25) is 0 Å². The molecule has 0 aliphatic carbocycles. The molecule has 1 aromatic carbocycles. The van der Waals surface area contributed by atoms with Crippen LogP contribution >= 0.6 is 0 Å². The van der Waals surface area contributed by atoms with E-state index in [9.17, 15) is 9.50 Å². The minimum atomic E-state index is -0.482. The first-order valence-electron chi connectivity index (χ1n) is 7.02. The van der Waals surface area contributed by atoms with Crippen molar-refractivity contribution in [2.24, 2.45) is 0 Å². The second-order valence-corrected chi connectivity index (χ2v) is 5.31. The van der Waals surface area contributed by atoms with E-state index in [1.807, 2.05) is 27.7 Å². The highest BCUT2D eigenvalue weighted by molar-refractivity contribution is 5.69. The van der Waals surface area contributed by atoms with Gasteiger partial charge in [-0.25, -0.2) is 4.39 Å². The van der Waals surface area contributed by atoms with Crippen molar-refractivity contribution in [2.45, 2.75) is 52.2 Å². The lowest BCUT2D eigenvalue weighted by Crippen LogP contribution is -2.41. The molecule has 0 radical (unpaired) electrons. The maximum absolute atomic E-state index is 13.8. The Kier molecular flexibility index (Phi) is 5.62. The number of aliphatic hydroxyl groups excluding tert-OH is 1. The van der Waals surface area contributed by atoms with Gasteiger partial charge in [-0.15, -0.1) is 0 Å². The van der Waals surface area contributed by atoms with Crippen LogP contribution in [-0.4, -0.2) is 23.4 Å². The van der Waals surface area contributed by atoms with E-state index in [4.69, 9.17) is 10.5 Å². The summed E-state index contributed by atoms with van der Waals surface area (Å²) < 4.78 is 19.2. The molecule has 4 nitrogen and oxygen atoms in total. The zero-order valence-corrected chi connectivity index (χ0v) is 12.7. The highest BCUT2D eigenvalue weighted by Gasteiger charge is 2.26. The summed E-state index contributed by atoms with van der Waals surface area (Å²) in [7, 11) is 0. The van der Waals surface area contributed by atoms with Gasteiger partial charge in [0.2, 0.25) is 0 Å². The molecular formula is C15H25FN2O2. The Morgan fingerprint density at radius 1 is 1.35 bits per heavy atom.